The Morgan fingerprint density at radius 3 is 2.55 bits per heavy atom. The van der Waals surface area contributed by atoms with Gasteiger partial charge in [-0.1, -0.05) is 24.3 Å². The van der Waals surface area contributed by atoms with Gasteiger partial charge in [-0.2, -0.15) is 0 Å². The zero-order valence-electron chi connectivity index (χ0n) is 12.4. The number of carbonyl (C=O) groups excluding carboxylic acids is 1. The molecule has 3 rings (SSSR count). The van der Waals surface area contributed by atoms with Gasteiger partial charge in [0, 0.05) is 12.2 Å². The molecule has 1 saturated carbocycles. The summed E-state index contributed by atoms with van der Waals surface area (Å²) in [6, 6.07) is 5.61. The summed E-state index contributed by atoms with van der Waals surface area (Å²) < 4.78 is 34.1. The van der Waals surface area contributed by atoms with E-state index >= 15 is 4.39 Å². The van der Waals surface area contributed by atoms with Crippen molar-refractivity contribution in [3.05, 3.63) is 53.4 Å². The summed E-state index contributed by atoms with van der Waals surface area (Å²) in [4.78, 5) is 11.6. The molecule has 116 valence electrons. The van der Waals surface area contributed by atoms with Crippen LogP contribution in [0.25, 0.3) is 5.57 Å². The van der Waals surface area contributed by atoms with E-state index in [1.54, 1.807) is 13.0 Å². The van der Waals surface area contributed by atoms with Gasteiger partial charge in [-0.05, 0) is 49.0 Å². The molecule has 2 atom stereocenters. The van der Waals surface area contributed by atoms with Gasteiger partial charge in [0.15, 0.2) is 6.29 Å². The molecule has 0 heterocycles. The first-order valence-electron chi connectivity index (χ1n) is 7.55. The standard InChI is InChI=1S/C18H18F2O2/c1-2-22-16-10-9-15(12-3-4-12)17(18(16,20)11-21)13-5-7-14(19)8-6-13/h5-12,16H,2-4H2,1H3. The number of hydrogen-bond donors (Lipinski definition) is 0. The Labute approximate surface area is 128 Å². The Hall–Kier alpha value is -1.81. The van der Waals surface area contributed by atoms with E-state index < -0.39 is 11.8 Å². The number of aldehydes is 1. The van der Waals surface area contributed by atoms with Gasteiger partial charge in [-0.3, -0.25) is 4.79 Å². The Bertz CT molecular complexity index is 629. The Kier molecular flexibility index (Phi) is 3.96. The number of hydrogen-bond acceptors (Lipinski definition) is 2. The van der Waals surface area contributed by atoms with Gasteiger partial charge in [-0.25, -0.2) is 8.78 Å². The molecular formula is C18H18F2O2. The van der Waals surface area contributed by atoms with Crippen LogP contribution in [0.1, 0.15) is 25.3 Å². The van der Waals surface area contributed by atoms with Crippen molar-refractivity contribution >= 4 is 11.9 Å². The van der Waals surface area contributed by atoms with Crippen LogP contribution < -0.4 is 0 Å². The molecule has 0 N–H and O–H groups in total. The summed E-state index contributed by atoms with van der Waals surface area (Å²) in [7, 11) is 0. The van der Waals surface area contributed by atoms with Crippen molar-refractivity contribution in [2.24, 2.45) is 5.92 Å². The van der Waals surface area contributed by atoms with E-state index in [1.807, 2.05) is 6.08 Å². The normalized spacial score (nSPS) is 28.0. The van der Waals surface area contributed by atoms with Crippen molar-refractivity contribution in [1.82, 2.24) is 0 Å². The second-order valence-corrected chi connectivity index (χ2v) is 5.73. The van der Waals surface area contributed by atoms with Crippen LogP contribution in [0.4, 0.5) is 8.78 Å². The van der Waals surface area contributed by atoms with Crippen molar-refractivity contribution in [2.75, 3.05) is 6.61 Å². The topological polar surface area (TPSA) is 26.3 Å². The number of alkyl halides is 1. The molecule has 2 nitrogen and oxygen atoms in total. The average Bonchev–Trinajstić information content (AvgIpc) is 3.35. The highest BCUT2D eigenvalue weighted by Gasteiger charge is 2.48. The van der Waals surface area contributed by atoms with E-state index in [9.17, 15) is 9.18 Å². The zero-order valence-corrected chi connectivity index (χ0v) is 12.4. The van der Waals surface area contributed by atoms with Crippen LogP contribution in [-0.2, 0) is 9.53 Å². The van der Waals surface area contributed by atoms with Gasteiger partial charge in [0.25, 0.3) is 0 Å². The molecule has 0 amide bonds. The number of benzene rings is 1. The fourth-order valence-corrected chi connectivity index (χ4v) is 3.00. The molecule has 2 aliphatic rings. The van der Waals surface area contributed by atoms with Crippen molar-refractivity contribution < 1.29 is 18.3 Å². The van der Waals surface area contributed by atoms with E-state index in [2.05, 4.69) is 0 Å². The van der Waals surface area contributed by atoms with Crippen LogP contribution in [0.15, 0.2) is 42.0 Å². The van der Waals surface area contributed by atoms with Gasteiger partial charge in [0.1, 0.15) is 11.9 Å². The van der Waals surface area contributed by atoms with E-state index in [-0.39, 0.29) is 11.7 Å². The van der Waals surface area contributed by atoms with E-state index in [0.717, 1.165) is 18.4 Å². The largest absolute Gasteiger partial charge is 0.370 e. The lowest BCUT2D eigenvalue weighted by atomic mass is 9.78. The van der Waals surface area contributed by atoms with Gasteiger partial charge >= 0.3 is 0 Å². The van der Waals surface area contributed by atoms with Crippen LogP contribution in [0.3, 0.4) is 0 Å². The molecular weight excluding hydrogens is 286 g/mol. The van der Waals surface area contributed by atoms with Gasteiger partial charge in [0.2, 0.25) is 5.67 Å². The van der Waals surface area contributed by atoms with Crippen LogP contribution in [-0.4, -0.2) is 24.7 Å². The smallest absolute Gasteiger partial charge is 0.220 e. The summed E-state index contributed by atoms with van der Waals surface area (Å²) in [5.41, 5.74) is -0.546. The maximum atomic E-state index is 15.5. The van der Waals surface area contributed by atoms with E-state index in [4.69, 9.17) is 4.74 Å². The summed E-state index contributed by atoms with van der Waals surface area (Å²) in [5, 5.41) is 0. The first-order chi connectivity index (χ1) is 10.6. The van der Waals surface area contributed by atoms with Gasteiger partial charge < -0.3 is 4.74 Å². The molecule has 0 radical (unpaired) electrons. The van der Waals surface area contributed by atoms with Gasteiger partial charge in [-0.15, -0.1) is 0 Å². The first kappa shape index (κ1) is 15.1. The molecule has 0 aromatic heterocycles. The summed E-state index contributed by atoms with van der Waals surface area (Å²) in [6.45, 7) is 2.07. The average molecular weight is 304 g/mol. The fraction of sp³-hybridized carbons (Fsp3) is 0.389. The molecule has 0 aliphatic heterocycles. The highest BCUT2D eigenvalue weighted by molar-refractivity contribution is 5.93. The van der Waals surface area contributed by atoms with Crippen molar-refractivity contribution in [1.29, 1.82) is 0 Å². The fourth-order valence-electron chi connectivity index (χ4n) is 3.00. The third kappa shape index (κ3) is 2.52. The second kappa shape index (κ2) is 5.76. The lowest BCUT2D eigenvalue weighted by Crippen LogP contribution is -2.44. The predicted molar refractivity (Wildman–Crippen MR) is 80.5 cm³/mol. The number of rotatable bonds is 5. The van der Waals surface area contributed by atoms with Crippen molar-refractivity contribution in [3.8, 4) is 0 Å². The minimum absolute atomic E-state index is 0.272. The van der Waals surface area contributed by atoms with Crippen LogP contribution in [0, 0.1) is 11.7 Å². The lowest BCUT2D eigenvalue weighted by Gasteiger charge is -2.34. The number of ether oxygens (including phenoxy) is 1. The summed E-state index contributed by atoms with van der Waals surface area (Å²) >= 11 is 0. The highest BCUT2D eigenvalue weighted by Crippen LogP contribution is 2.48. The summed E-state index contributed by atoms with van der Waals surface area (Å²) in [5.74, 6) is -0.116. The molecule has 1 aromatic carbocycles. The van der Waals surface area contributed by atoms with Crippen LogP contribution >= 0.6 is 0 Å². The molecule has 22 heavy (non-hydrogen) atoms. The quantitative estimate of drug-likeness (QED) is 0.772. The number of allylic oxidation sites excluding steroid dienone is 2. The zero-order chi connectivity index (χ0) is 15.7. The molecule has 1 fully saturated rings. The van der Waals surface area contributed by atoms with E-state index in [1.165, 1.54) is 24.3 Å². The van der Waals surface area contributed by atoms with Gasteiger partial charge in [0.05, 0.1) is 0 Å². The Morgan fingerprint density at radius 2 is 2.00 bits per heavy atom. The Balaban J connectivity index is 2.14. The maximum absolute atomic E-state index is 15.5. The third-order valence-electron chi connectivity index (χ3n) is 4.20. The van der Waals surface area contributed by atoms with Crippen LogP contribution in [0.2, 0.25) is 0 Å². The minimum Gasteiger partial charge on any atom is -0.370 e. The number of halogens is 2. The molecule has 0 bridgehead atoms. The molecule has 0 saturated heterocycles. The Morgan fingerprint density at radius 1 is 1.32 bits per heavy atom. The minimum atomic E-state index is -2.24. The highest BCUT2D eigenvalue weighted by atomic mass is 19.1. The van der Waals surface area contributed by atoms with Crippen molar-refractivity contribution in [3.63, 3.8) is 0 Å². The monoisotopic (exact) mass is 304 g/mol. The summed E-state index contributed by atoms with van der Waals surface area (Å²) in [6.07, 6.45) is 4.82. The lowest BCUT2D eigenvalue weighted by molar-refractivity contribution is -0.120. The maximum Gasteiger partial charge on any atom is 0.220 e. The number of carbonyl (C=O) groups is 1. The van der Waals surface area contributed by atoms with Crippen LogP contribution in [0.5, 0.6) is 0 Å². The first-order valence-corrected chi connectivity index (χ1v) is 7.55. The SMILES string of the molecule is CCOC1C=CC(C2CC2)=C(c2ccc(F)cc2)C1(F)C=O. The molecule has 4 heteroatoms. The predicted octanol–water partition coefficient (Wildman–Crippen LogP) is 3.87. The molecule has 2 unspecified atom stereocenters. The second-order valence-electron chi connectivity index (χ2n) is 5.73. The molecule has 1 aromatic rings. The van der Waals surface area contributed by atoms with Crippen molar-refractivity contribution in [2.45, 2.75) is 31.5 Å². The molecule has 0 spiro atoms. The molecule has 2 aliphatic carbocycles. The van der Waals surface area contributed by atoms with E-state index in [0.29, 0.717) is 24.0 Å². The third-order valence-corrected chi connectivity index (χ3v) is 4.20.